The van der Waals surface area contributed by atoms with E-state index in [1.807, 2.05) is 0 Å². The van der Waals surface area contributed by atoms with E-state index in [1.165, 1.54) is 19.4 Å². The first-order chi connectivity index (χ1) is 5.79. The van der Waals surface area contributed by atoms with Crippen LogP contribution in [-0.2, 0) is 0 Å². The molecule has 0 aromatic heterocycles. The van der Waals surface area contributed by atoms with Gasteiger partial charge in [0.15, 0.2) is 0 Å². The number of nitrogens with zero attached hydrogens (tertiary/aromatic N) is 2. The van der Waals surface area contributed by atoms with Crippen molar-refractivity contribution in [3.63, 3.8) is 0 Å². The van der Waals surface area contributed by atoms with E-state index in [4.69, 9.17) is 5.21 Å². The first kappa shape index (κ1) is 8.05. The van der Waals surface area contributed by atoms with Gasteiger partial charge in [-0.05, 0) is 32.2 Å². The Morgan fingerprint density at radius 3 is 2.92 bits per heavy atom. The van der Waals surface area contributed by atoms with Gasteiger partial charge >= 0.3 is 0 Å². The van der Waals surface area contributed by atoms with Crippen LogP contribution in [0, 0.1) is 5.92 Å². The van der Waals surface area contributed by atoms with Gasteiger partial charge in [0.25, 0.3) is 0 Å². The van der Waals surface area contributed by atoms with Crippen LogP contribution in [0.15, 0.2) is 5.16 Å². The first-order valence-corrected chi connectivity index (χ1v) is 4.69. The lowest BCUT2D eigenvalue weighted by Crippen LogP contribution is -2.37. The molecule has 0 aromatic carbocycles. The van der Waals surface area contributed by atoms with Crippen LogP contribution in [0.2, 0.25) is 0 Å². The van der Waals surface area contributed by atoms with E-state index in [0.29, 0.717) is 6.04 Å². The second-order valence-electron chi connectivity index (χ2n) is 4.11. The first-order valence-electron chi connectivity index (χ1n) is 4.69. The molecule has 1 saturated carbocycles. The van der Waals surface area contributed by atoms with Gasteiger partial charge in [0.2, 0.25) is 0 Å². The lowest BCUT2D eigenvalue weighted by Gasteiger charge is -2.32. The monoisotopic (exact) mass is 168 g/mol. The molecule has 1 N–H and O–H groups in total. The summed E-state index contributed by atoms with van der Waals surface area (Å²) in [5.41, 5.74) is 1.01. The van der Waals surface area contributed by atoms with Crippen molar-refractivity contribution in [3.05, 3.63) is 0 Å². The number of hydrogen-bond donors (Lipinski definition) is 1. The van der Waals surface area contributed by atoms with Crippen LogP contribution in [0.25, 0.3) is 0 Å². The van der Waals surface area contributed by atoms with Gasteiger partial charge in [0.1, 0.15) is 0 Å². The Balaban J connectivity index is 2.16. The predicted molar refractivity (Wildman–Crippen MR) is 47.6 cm³/mol. The van der Waals surface area contributed by atoms with Gasteiger partial charge < -0.3 is 10.1 Å². The van der Waals surface area contributed by atoms with E-state index in [9.17, 15) is 0 Å². The highest BCUT2D eigenvalue weighted by molar-refractivity contribution is 5.85. The van der Waals surface area contributed by atoms with Crippen LogP contribution >= 0.6 is 0 Å². The summed E-state index contributed by atoms with van der Waals surface area (Å²) in [5, 5.41) is 12.1. The Kier molecular flexibility index (Phi) is 2.05. The maximum atomic E-state index is 8.74. The van der Waals surface area contributed by atoms with Crippen molar-refractivity contribution >= 4 is 5.71 Å². The molecule has 3 nitrogen and oxygen atoms in total. The summed E-state index contributed by atoms with van der Waals surface area (Å²) in [5.74, 6) is 0.736. The molecule has 3 aliphatic rings. The van der Waals surface area contributed by atoms with Crippen molar-refractivity contribution in [2.45, 2.75) is 31.7 Å². The van der Waals surface area contributed by atoms with E-state index in [0.717, 1.165) is 24.5 Å². The van der Waals surface area contributed by atoms with Crippen molar-refractivity contribution in [2.75, 3.05) is 13.6 Å². The molecule has 2 aliphatic heterocycles. The Bertz CT molecular complexity index is 203. The molecule has 3 heteroatoms. The van der Waals surface area contributed by atoms with Crippen LogP contribution < -0.4 is 0 Å². The molecule has 2 saturated heterocycles. The highest BCUT2D eigenvalue weighted by atomic mass is 16.4. The average Bonchev–Trinajstić information content (AvgIpc) is 2.34. The fourth-order valence-electron chi connectivity index (χ4n) is 2.49. The third kappa shape index (κ3) is 1.33. The van der Waals surface area contributed by atoms with Gasteiger partial charge in [0, 0.05) is 19.0 Å². The molecule has 2 bridgehead atoms. The van der Waals surface area contributed by atoms with Crippen molar-refractivity contribution in [1.82, 2.24) is 4.90 Å². The fraction of sp³-hybridized carbons (Fsp3) is 0.889. The molecule has 68 valence electrons. The van der Waals surface area contributed by atoms with E-state index >= 15 is 0 Å². The van der Waals surface area contributed by atoms with Gasteiger partial charge in [-0.15, -0.1) is 0 Å². The molecule has 2 atom stereocenters. The second kappa shape index (κ2) is 3.05. The molecule has 3 rings (SSSR count). The Morgan fingerprint density at radius 2 is 2.25 bits per heavy atom. The zero-order valence-electron chi connectivity index (χ0n) is 7.53. The molecular weight excluding hydrogens is 152 g/mol. The zero-order chi connectivity index (χ0) is 8.55. The maximum absolute atomic E-state index is 8.74. The van der Waals surface area contributed by atoms with Crippen LogP contribution in [-0.4, -0.2) is 35.5 Å². The average molecular weight is 168 g/mol. The van der Waals surface area contributed by atoms with E-state index < -0.39 is 0 Å². The normalized spacial score (nSPS) is 40.2. The summed E-state index contributed by atoms with van der Waals surface area (Å²) in [6.07, 6.45) is 4.58. The molecule has 12 heavy (non-hydrogen) atoms. The Morgan fingerprint density at radius 1 is 1.42 bits per heavy atom. The lowest BCUT2D eigenvalue weighted by atomic mass is 9.95. The highest BCUT2D eigenvalue weighted by Crippen LogP contribution is 2.30. The number of piperidine rings is 1. The smallest absolute Gasteiger partial charge is 0.0589 e. The summed E-state index contributed by atoms with van der Waals surface area (Å²) >= 11 is 0. The zero-order valence-corrected chi connectivity index (χ0v) is 7.53. The van der Waals surface area contributed by atoms with E-state index in [2.05, 4.69) is 17.1 Å². The standard InChI is InChI=1S/C9H16N2O/c1-11-6-7-2-3-9(11)5-8(4-7)10-12/h7,9,12H,2-6H2,1H3/t7-,9-/m0/s1. The van der Waals surface area contributed by atoms with Crippen molar-refractivity contribution in [1.29, 1.82) is 0 Å². The largest absolute Gasteiger partial charge is 0.411 e. The third-order valence-electron chi connectivity index (χ3n) is 3.21. The molecule has 0 spiro atoms. The molecule has 0 unspecified atom stereocenters. The van der Waals surface area contributed by atoms with Gasteiger partial charge in [0.05, 0.1) is 5.71 Å². The van der Waals surface area contributed by atoms with E-state index in [-0.39, 0.29) is 0 Å². The van der Waals surface area contributed by atoms with Gasteiger partial charge in [-0.3, -0.25) is 0 Å². The molecule has 2 heterocycles. The van der Waals surface area contributed by atoms with Gasteiger partial charge in [-0.2, -0.15) is 0 Å². The molecule has 0 radical (unpaired) electrons. The minimum atomic E-state index is 0.634. The van der Waals surface area contributed by atoms with Crippen LogP contribution in [0.3, 0.4) is 0 Å². The minimum Gasteiger partial charge on any atom is -0.411 e. The predicted octanol–water partition coefficient (Wildman–Crippen LogP) is 1.32. The molecule has 3 fully saturated rings. The molecule has 0 amide bonds. The number of hydrogen-bond acceptors (Lipinski definition) is 3. The van der Waals surface area contributed by atoms with Gasteiger partial charge in [-0.25, -0.2) is 0 Å². The van der Waals surface area contributed by atoms with Crippen molar-refractivity contribution in [3.8, 4) is 0 Å². The van der Waals surface area contributed by atoms with Crippen LogP contribution in [0.5, 0.6) is 0 Å². The summed E-state index contributed by atoms with van der Waals surface area (Å²) < 4.78 is 0. The summed E-state index contributed by atoms with van der Waals surface area (Å²) in [6, 6.07) is 0.634. The molecule has 1 aliphatic carbocycles. The highest BCUT2D eigenvalue weighted by Gasteiger charge is 2.31. The number of oxime groups is 1. The summed E-state index contributed by atoms with van der Waals surface area (Å²) in [7, 11) is 2.18. The van der Waals surface area contributed by atoms with Crippen LogP contribution in [0.1, 0.15) is 25.7 Å². The number of fused-ring (bicyclic) bond motifs is 4. The minimum absolute atomic E-state index is 0.634. The third-order valence-corrected chi connectivity index (χ3v) is 3.21. The van der Waals surface area contributed by atoms with Gasteiger partial charge in [-0.1, -0.05) is 5.16 Å². The second-order valence-corrected chi connectivity index (χ2v) is 4.11. The SMILES string of the molecule is CN1C[C@H]2CC[C@H]1CC(=NO)C2. The molecule has 0 aromatic rings. The van der Waals surface area contributed by atoms with Crippen molar-refractivity contribution < 1.29 is 5.21 Å². The fourth-order valence-corrected chi connectivity index (χ4v) is 2.49. The Labute approximate surface area is 73.1 Å². The quantitative estimate of drug-likeness (QED) is 0.437. The summed E-state index contributed by atoms with van der Waals surface area (Å²) in [6.45, 7) is 1.18. The van der Waals surface area contributed by atoms with E-state index in [1.54, 1.807) is 0 Å². The van der Waals surface area contributed by atoms with Crippen molar-refractivity contribution in [2.24, 2.45) is 11.1 Å². The maximum Gasteiger partial charge on any atom is 0.0589 e. The Hall–Kier alpha value is -0.570. The van der Waals surface area contributed by atoms with Crippen LogP contribution in [0.4, 0.5) is 0 Å². The lowest BCUT2D eigenvalue weighted by molar-refractivity contribution is 0.158. The summed E-state index contributed by atoms with van der Waals surface area (Å²) in [4.78, 5) is 2.41. The molecular formula is C9H16N2O. The number of rotatable bonds is 0. The topological polar surface area (TPSA) is 35.8 Å².